The lowest BCUT2D eigenvalue weighted by Gasteiger charge is -2.18. The number of carbonyl (C=O) groups is 2. The number of aromatic nitrogens is 2. The fraction of sp³-hybridized carbons (Fsp3) is 0.111. The largest absolute Gasteiger partial charge is 0.416 e. The number of hydrogen-bond acceptors (Lipinski definition) is 5. The number of ketones is 1. The minimum absolute atomic E-state index is 0.0705. The van der Waals surface area contributed by atoms with Gasteiger partial charge >= 0.3 is 6.18 Å². The second-order valence-corrected chi connectivity index (χ2v) is 9.36. The average Bonchev–Trinajstić information content (AvgIpc) is 3.30. The molecular weight excluding hydrogens is 520 g/mol. The number of alkyl halides is 3. The Morgan fingerprint density at radius 2 is 1.79 bits per heavy atom. The first kappa shape index (κ1) is 25.2. The van der Waals surface area contributed by atoms with Crippen molar-refractivity contribution in [3.8, 4) is 23.0 Å². The Morgan fingerprint density at radius 1 is 1.05 bits per heavy atom. The number of amides is 1. The van der Waals surface area contributed by atoms with Crippen LogP contribution in [0.1, 0.15) is 21.6 Å². The number of nitrogens with one attached hydrogen (secondary N) is 1. The smallest absolute Gasteiger partial charge is 0.325 e. The van der Waals surface area contributed by atoms with Gasteiger partial charge < -0.3 is 5.32 Å². The Morgan fingerprint density at radius 3 is 2.50 bits per heavy atom. The van der Waals surface area contributed by atoms with Crippen molar-refractivity contribution in [2.75, 3.05) is 5.32 Å². The summed E-state index contributed by atoms with van der Waals surface area (Å²) in [6.07, 6.45) is -4.60. The second-order valence-electron chi connectivity index (χ2n) is 8.34. The Kier molecular flexibility index (Phi) is 6.50. The zero-order chi connectivity index (χ0) is 27.0. The van der Waals surface area contributed by atoms with Crippen molar-refractivity contribution in [3.05, 3.63) is 95.4 Å². The zero-order valence-electron chi connectivity index (χ0n) is 19.3. The summed E-state index contributed by atoms with van der Waals surface area (Å²) in [6.45, 7) is 0. The molecule has 3 aromatic carbocycles. The molecule has 2 heterocycles. The summed E-state index contributed by atoms with van der Waals surface area (Å²) < 4.78 is 54.8. The van der Waals surface area contributed by atoms with Crippen molar-refractivity contribution >= 4 is 29.1 Å². The normalized spacial score (nSPS) is 13.1. The number of benzene rings is 3. The van der Waals surface area contributed by atoms with Crippen molar-refractivity contribution in [1.82, 2.24) is 9.78 Å². The van der Waals surface area contributed by atoms with E-state index in [2.05, 4.69) is 10.4 Å². The van der Waals surface area contributed by atoms with Crippen molar-refractivity contribution < 1.29 is 27.2 Å². The molecule has 38 heavy (non-hydrogen) atoms. The number of hydrogen-bond donors (Lipinski definition) is 1. The first-order valence-electron chi connectivity index (χ1n) is 11.2. The van der Waals surface area contributed by atoms with Gasteiger partial charge in [-0.05, 0) is 48.5 Å². The maximum atomic E-state index is 13.5. The number of carbonyl (C=O) groups excluding carboxylic acids is 2. The Labute approximate surface area is 217 Å². The van der Waals surface area contributed by atoms with Gasteiger partial charge in [-0.3, -0.25) is 9.59 Å². The number of nitriles is 1. The number of thioether (sulfide) groups is 1. The lowest BCUT2D eigenvalue weighted by Crippen LogP contribution is -2.29. The van der Waals surface area contributed by atoms with E-state index < -0.39 is 35.2 Å². The Hall–Kier alpha value is -4.43. The monoisotopic (exact) mass is 536 g/mol. The molecule has 1 atom stereocenters. The SMILES string of the molecule is N#CC(C(=O)Nc1ccc(F)cc1)C(=O)c1nn(-c2cccc(C(F)(F)F)c2)c2c1CSc1ccccc1-2. The van der Waals surface area contributed by atoms with Crippen LogP contribution in [0.25, 0.3) is 16.9 Å². The molecule has 1 N–H and O–H groups in total. The standard InChI is InChI=1S/C27H16F4N4O2S/c28-16-8-10-17(11-9-16)33-26(37)20(13-32)25(36)23-21-14-38-22-7-2-1-6-19(22)24(21)35(34-23)18-5-3-4-15(12-18)27(29,30)31/h1-12,20H,14H2,(H,33,37). The summed E-state index contributed by atoms with van der Waals surface area (Å²) >= 11 is 1.41. The van der Waals surface area contributed by atoms with Gasteiger partial charge in [0.1, 0.15) is 11.5 Å². The predicted octanol–water partition coefficient (Wildman–Crippen LogP) is 6.26. The first-order valence-corrected chi connectivity index (χ1v) is 12.2. The van der Waals surface area contributed by atoms with Crippen LogP contribution in [0.4, 0.5) is 23.2 Å². The number of Topliss-reactive ketones (excluding diaryl/α,β-unsaturated/α-hetero) is 1. The molecule has 0 saturated carbocycles. The molecule has 6 nitrogen and oxygen atoms in total. The van der Waals surface area contributed by atoms with Crippen LogP contribution in [0.5, 0.6) is 0 Å². The molecule has 1 aromatic heterocycles. The molecule has 1 unspecified atom stereocenters. The van der Waals surface area contributed by atoms with E-state index in [0.29, 0.717) is 16.8 Å². The molecule has 0 spiro atoms. The molecule has 1 aliphatic heterocycles. The van der Waals surface area contributed by atoms with Crippen molar-refractivity contribution in [2.45, 2.75) is 16.8 Å². The fourth-order valence-corrected chi connectivity index (χ4v) is 5.19. The van der Waals surface area contributed by atoms with Gasteiger partial charge in [0, 0.05) is 27.5 Å². The summed E-state index contributed by atoms with van der Waals surface area (Å²) in [5.74, 6) is -3.90. The lowest BCUT2D eigenvalue weighted by molar-refractivity contribution is -0.137. The average molecular weight is 537 g/mol. The second kappa shape index (κ2) is 9.79. The lowest BCUT2D eigenvalue weighted by atomic mass is 9.97. The third-order valence-corrected chi connectivity index (χ3v) is 7.01. The zero-order valence-corrected chi connectivity index (χ0v) is 20.1. The van der Waals surface area contributed by atoms with Gasteiger partial charge in [-0.25, -0.2) is 9.07 Å². The van der Waals surface area contributed by atoms with Gasteiger partial charge in [0.25, 0.3) is 0 Å². The van der Waals surface area contributed by atoms with Gasteiger partial charge in [0.15, 0.2) is 5.92 Å². The molecule has 1 aliphatic rings. The van der Waals surface area contributed by atoms with E-state index in [4.69, 9.17) is 0 Å². The van der Waals surface area contributed by atoms with Crippen LogP contribution in [0.3, 0.4) is 0 Å². The van der Waals surface area contributed by atoms with Gasteiger partial charge in [0.05, 0.1) is 23.0 Å². The predicted molar refractivity (Wildman–Crippen MR) is 132 cm³/mol. The van der Waals surface area contributed by atoms with Crippen LogP contribution in [0, 0.1) is 23.1 Å². The topological polar surface area (TPSA) is 87.8 Å². The summed E-state index contributed by atoms with van der Waals surface area (Å²) in [5, 5.41) is 16.5. The molecule has 0 fully saturated rings. The highest BCUT2D eigenvalue weighted by Gasteiger charge is 2.36. The van der Waals surface area contributed by atoms with Crippen LogP contribution < -0.4 is 5.32 Å². The summed E-state index contributed by atoms with van der Waals surface area (Å²) in [7, 11) is 0. The van der Waals surface area contributed by atoms with Crippen LogP contribution in [0.15, 0.2) is 77.7 Å². The molecule has 4 aromatic rings. The molecule has 0 bridgehead atoms. The molecule has 0 aliphatic carbocycles. The quantitative estimate of drug-likeness (QED) is 0.185. The van der Waals surface area contributed by atoms with Crippen molar-refractivity contribution in [3.63, 3.8) is 0 Å². The number of rotatable bonds is 5. The van der Waals surface area contributed by atoms with Gasteiger partial charge in [-0.2, -0.15) is 23.5 Å². The minimum Gasteiger partial charge on any atom is -0.325 e. The van der Waals surface area contributed by atoms with E-state index >= 15 is 0 Å². The van der Waals surface area contributed by atoms with E-state index in [1.54, 1.807) is 18.2 Å². The molecule has 1 amide bonds. The van der Waals surface area contributed by atoms with Gasteiger partial charge in [-0.1, -0.05) is 24.3 Å². The molecule has 0 saturated heterocycles. The molecule has 5 rings (SSSR count). The fourth-order valence-electron chi connectivity index (χ4n) is 4.12. The van der Waals surface area contributed by atoms with E-state index in [0.717, 1.165) is 29.2 Å². The summed E-state index contributed by atoms with van der Waals surface area (Å²) in [6, 6.07) is 18.2. The van der Waals surface area contributed by atoms with Gasteiger partial charge in [0.2, 0.25) is 11.7 Å². The van der Waals surface area contributed by atoms with Crippen LogP contribution in [-0.4, -0.2) is 21.5 Å². The molecule has 0 radical (unpaired) electrons. The van der Waals surface area contributed by atoms with Crippen LogP contribution >= 0.6 is 11.8 Å². The van der Waals surface area contributed by atoms with Gasteiger partial charge in [-0.15, -0.1) is 11.8 Å². The molecule has 11 heteroatoms. The number of fused-ring (bicyclic) bond motifs is 3. The van der Waals surface area contributed by atoms with E-state index in [9.17, 15) is 32.4 Å². The van der Waals surface area contributed by atoms with E-state index in [-0.39, 0.29) is 22.8 Å². The van der Waals surface area contributed by atoms with Crippen LogP contribution in [-0.2, 0) is 16.7 Å². The summed E-state index contributed by atoms with van der Waals surface area (Å²) in [4.78, 5) is 27.2. The maximum absolute atomic E-state index is 13.5. The third kappa shape index (κ3) is 4.66. The highest BCUT2D eigenvalue weighted by molar-refractivity contribution is 7.98. The highest BCUT2D eigenvalue weighted by atomic mass is 32.2. The first-order chi connectivity index (χ1) is 18.2. The van der Waals surface area contributed by atoms with Crippen molar-refractivity contribution in [1.29, 1.82) is 5.26 Å². The molecule has 190 valence electrons. The molecular formula is C27H16F4N4O2S. The highest BCUT2D eigenvalue weighted by Crippen LogP contribution is 2.44. The van der Waals surface area contributed by atoms with Crippen molar-refractivity contribution in [2.24, 2.45) is 5.92 Å². The summed E-state index contributed by atoms with van der Waals surface area (Å²) in [5.41, 5.74) is 0.668. The maximum Gasteiger partial charge on any atom is 0.416 e. The number of halogens is 4. The Bertz CT molecular complexity index is 1610. The van der Waals surface area contributed by atoms with E-state index in [1.165, 1.54) is 40.7 Å². The number of nitrogens with zero attached hydrogens (tertiary/aromatic N) is 3. The minimum atomic E-state index is -4.60. The number of anilines is 1. The Balaban J connectivity index is 1.60. The van der Waals surface area contributed by atoms with E-state index in [1.807, 2.05) is 12.1 Å². The third-order valence-electron chi connectivity index (χ3n) is 5.91. The van der Waals surface area contributed by atoms with Crippen LogP contribution in [0.2, 0.25) is 0 Å².